The van der Waals surface area contributed by atoms with Gasteiger partial charge in [0, 0.05) is 6.54 Å². The Bertz CT molecular complexity index is 39.0. The summed E-state index contributed by atoms with van der Waals surface area (Å²) in [5, 5.41) is 0. The van der Waals surface area contributed by atoms with Gasteiger partial charge >= 0.3 is 0 Å². The third kappa shape index (κ3) is 6.62. The zero-order chi connectivity index (χ0) is 6.24. The molecule has 4 heteroatoms. The fourth-order valence-electron chi connectivity index (χ4n) is 0.371. The molecule has 0 spiro atoms. The van der Waals surface area contributed by atoms with Crippen LogP contribution in [0, 0.1) is 0 Å². The quantitative estimate of drug-likeness (QED) is 0.312. The van der Waals surface area contributed by atoms with E-state index in [1.807, 2.05) is 0 Å². The van der Waals surface area contributed by atoms with E-state index in [0.29, 0.717) is 0 Å². The van der Waals surface area contributed by atoms with Crippen LogP contribution in [0.25, 0.3) is 0 Å². The topological polar surface area (TPSA) is 21.3 Å². The molecule has 0 aromatic carbocycles. The lowest BCUT2D eigenvalue weighted by Crippen LogP contribution is -2.01. The molecule has 0 atom stereocenters. The van der Waals surface area contributed by atoms with Gasteiger partial charge in [-0.1, -0.05) is 12.8 Å². The second-order valence-electron chi connectivity index (χ2n) is 1.45. The zero-order valence-corrected chi connectivity index (χ0v) is 6.42. The molecule has 0 saturated carbocycles. The van der Waals surface area contributed by atoms with E-state index >= 15 is 0 Å². The number of nitrogens with one attached hydrogen (secondary N) is 1. The molecule has 8 heavy (non-hydrogen) atoms. The zero-order valence-electron chi connectivity index (χ0n) is 4.63. The molecular weight excluding hydrogens is 142 g/mol. The van der Waals surface area contributed by atoms with Gasteiger partial charge in [-0.2, -0.15) is 0 Å². The van der Waals surface area contributed by atoms with Gasteiger partial charge in [0.05, 0.1) is 6.61 Å². The maximum atomic E-state index is 4.53. The highest BCUT2D eigenvalue weighted by atomic mass is 32.1. The van der Waals surface area contributed by atoms with Gasteiger partial charge in [-0.15, -0.1) is 0 Å². The molecule has 0 aromatic rings. The maximum Gasteiger partial charge on any atom is 0.0611 e. The van der Waals surface area contributed by atoms with Crippen molar-refractivity contribution < 1.29 is 4.18 Å². The number of rotatable bonds is 5. The standard InChI is InChI=1S/C4H11NOS2/c7-5-3-1-2-4-6-8/h5,7-8H,1-4H2. The highest BCUT2D eigenvalue weighted by molar-refractivity contribution is 7.78. The summed E-state index contributed by atoms with van der Waals surface area (Å²) in [7, 11) is 0. The van der Waals surface area contributed by atoms with E-state index in [9.17, 15) is 0 Å². The third-order valence-electron chi connectivity index (χ3n) is 0.774. The predicted molar refractivity (Wildman–Crippen MR) is 41.2 cm³/mol. The van der Waals surface area contributed by atoms with Crippen LogP contribution in [0.5, 0.6) is 0 Å². The minimum Gasteiger partial charge on any atom is -0.318 e. The number of thiol groups is 2. The van der Waals surface area contributed by atoms with E-state index in [2.05, 4.69) is 34.6 Å². The van der Waals surface area contributed by atoms with Crippen molar-refractivity contribution in [2.24, 2.45) is 0 Å². The highest BCUT2D eigenvalue weighted by Crippen LogP contribution is 1.89. The molecule has 0 bridgehead atoms. The second kappa shape index (κ2) is 7.62. The van der Waals surface area contributed by atoms with Crippen LogP contribution in [0.1, 0.15) is 12.8 Å². The van der Waals surface area contributed by atoms with Crippen molar-refractivity contribution in [1.82, 2.24) is 4.72 Å². The number of unbranched alkanes of at least 4 members (excludes halogenated alkanes) is 1. The van der Waals surface area contributed by atoms with Gasteiger partial charge in [-0.25, -0.2) is 0 Å². The minimum atomic E-state index is 0.721. The molecule has 0 aromatic heterocycles. The van der Waals surface area contributed by atoms with Crippen LogP contribution in [0.3, 0.4) is 0 Å². The van der Waals surface area contributed by atoms with E-state index in [4.69, 9.17) is 0 Å². The van der Waals surface area contributed by atoms with E-state index in [-0.39, 0.29) is 0 Å². The summed E-state index contributed by atoms with van der Waals surface area (Å²) in [6.45, 7) is 1.65. The molecule has 0 amide bonds. The van der Waals surface area contributed by atoms with Crippen molar-refractivity contribution in [3.05, 3.63) is 0 Å². The Hall–Kier alpha value is 0.620. The molecule has 0 aliphatic heterocycles. The van der Waals surface area contributed by atoms with Gasteiger partial charge in [0.1, 0.15) is 0 Å². The molecule has 0 saturated heterocycles. The summed E-state index contributed by atoms with van der Waals surface area (Å²) in [6.07, 6.45) is 2.13. The fourth-order valence-corrected chi connectivity index (χ4v) is 0.658. The van der Waals surface area contributed by atoms with Crippen molar-refractivity contribution in [2.75, 3.05) is 13.2 Å². The van der Waals surface area contributed by atoms with Crippen LogP contribution in [0.2, 0.25) is 0 Å². The van der Waals surface area contributed by atoms with E-state index in [1.54, 1.807) is 0 Å². The fraction of sp³-hybridized carbons (Fsp3) is 1.00. The highest BCUT2D eigenvalue weighted by Gasteiger charge is 1.83. The number of hydrogen-bond donors (Lipinski definition) is 3. The monoisotopic (exact) mass is 153 g/mol. The van der Waals surface area contributed by atoms with E-state index < -0.39 is 0 Å². The lowest BCUT2D eigenvalue weighted by Gasteiger charge is -1.95. The molecule has 0 radical (unpaired) electrons. The first-order chi connectivity index (χ1) is 3.91. The Kier molecular flexibility index (Phi) is 8.21. The summed E-state index contributed by atoms with van der Waals surface area (Å²) < 4.78 is 7.27. The van der Waals surface area contributed by atoms with Crippen molar-refractivity contribution >= 4 is 25.7 Å². The molecule has 0 heterocycles. The van der Waals surface area contributed by atoms with Gasteiger partial charge in [0.15, 0.2) is 0 Å². The van der Waals surface area contributed by atoms with Crippen LogP contribution >= 0.6 is 25.7 Å². The summed E-state index contributed by atoms with van der Waals surface area (Å²) >= 11 is 7.40. The van der Waals surface area contributed by atoms with Crippen LogP contribution in [0.15, 0.2) is 0 Å². The minimum absolute atomic E-state index is 0.721. The summed E-state index contributed by atoms with van der Waals surface area (Å²) in [4.78, 5) is 0. The lowest BCUT2D eigenvalue weighted by molar-refractivity contribution is 0.366. The first-order valence-electron chi connectivity index (χ1n) is 2.55. The molecule has 0 rings (SSSR count). The van der Waals surface area contributed by atoms with Gasteiger partial charge in [-0.3, -0.25) is 4.72 Å². The summed E-state index contributed by atoms with van der Waals surface area (Å²) in [5.74, 6) is 0. The average molecular weight is 153 g/mol. The normalized spacial score (nSPS) is 9.75. The molecular formula is C4H11NOS2. The Balaban J connectivity index is 2.53. The van der Waals surface area contributed by atoms with Gasteiger partial charge < -0.3 is 4.18 Å². The average Bonchev–Trinajstić information content (AvgIpc) is 1.81. The molecule has 0 aliphatic carbocycles. The van der Waals surface area contributed by atoms with Crippen molar-refractivity contribution in [3.63, 3.8) is 0 Å². The predicted octanol–water partition coefficient (Wildman–Crippen LogP) is 1.06. The first-order valence-corrected chi connectivity index (χ1v) is 3.36. The van der Waals surface area contributed by atoms with Crippen molar-refractivity contribution in [3.8, 4) is 0 Å². The Morgan fingerprint density at radius 1 is 1.38 bits per heavy atom. The molecule has 1 N–H and O–H groups in total. The van der Waals surface area contributed by atoms with Gasteiger partial charge in [0.2, 0.25) is 0 Å². The van der Waals surface area contributed by atoms with Crippen LogP contribution in [-0.4, -0.2) is 13.2 Å². The molecule has 50 valence electrons. The van der Waals surface area contributed by atoms with Crippen LogP contribution in [-0.2, 0) is 4.18 Å². The van der Waals surface area contributed by atoms with E-state index in [1.165, 1.54) is 0 Å². The van der Waals surface area contributed by atoms with E-state index in [0.717, 1.165) is 26.0 Å². The SMILES string of the molecule is SNCCCCOS. The van der Waals surface area contributed by atoms with Crippen molar-refractivity contribution in [2.45, 2.75) is 12.8 Å². The van der Waals surface area contributed by atoms with Crippen LogP contribution in [0.4, 0.5) is 0 Å². The summed E-state index contributed by atoms with van der Waals surface area (Å²) in [6, 6.07) is 0. The Morgan fingerprint density at radius 2 is 2.12 bits per heavy atom. The van der Waals surface area contributed by atoms with Crippen LogP contribution < -0.4 is 4.72 Å². The Labute approximate surface area is 61.2 Å². The van der Waals surface area contributed by atoms with Gasteiger partial charge in [0.25, 0.3) is 0 Å². The molecule has 0 fully saturated rings. The molecule has 0 aliphatic rings. The third-order valence-corrected chi connectivity index (χ3v) is 1.18. The van der Waals surface area contributed by atoms with Gasteiger partial charge in [-0.05, 0) is 25.8 Å². The van der Waals surface area contributed by atoms with Crippen molar-refractivity contribution in [1.29, 1.82) is 0 Å². The Morgan fingerprint density at radius 3 is 2.62 bits per heavy atom. The molecule has 0 unspecified atom stereocenters. The second-order valence-corrected chi connectivity index (χ2v) is 2.02. The smallest absolute Gasteiger partial charge is 0.0611 e. The largest absolute Gasteiger partial charge is 0.318 e. The first kappa shape index (κ1) is 8.62. The summed E-state index contributed by atoms with van der Waals surface area (Å²) in [5.41, 5.74) is 0. The molecule has 2 nitrogen and oxygen atoms in total. The lowest BCUT2D eigenvalue weighted by atomic mass is 10.3. The number of hydrogen-bond acceptors (Lipinski definition) is 4. The maximum absolute atomic E-state index is 4.53.